The lowest BCUT2D eigenvalue weighted by molar-refractivity contribution is -0.114. The summed E-state index contributed by atoms with van der Waals surface area (Å²) in [6, 6.07) is 3.72. The Labute approximate surface area is 128 Å². The maximum absolute atomic E-state index is 13.4. The molecule has 21 heavy (non-hydrogen) atoms. The van der Waals surface area contributed by atoms with Crippen LogP contribution in [0.15, 0.2) is 22.7 Å². The van der Waals surface area contributed by atoms with Crippen molar-refractivity contribution in [3.63, 3.8) is 0 Å². The van der Waals surface area contributed by atoms with Crippen LogP contribution >= 0.6 is 15.9 Å². The lowest BCUT2D eigenvalue weighted by atomic mass is 10.1. The number of Topliss-reactive ketones (excluding diaryl/α,β-unsaturated/α-hetero) is 1. The molecule has 0 radical (unpaired) electrons. The average molecular weight is 352 g/mol. The third-order valence-corrected chi connectivity index (χ3v) is 4.54. The molecule has 0 spiro atoms. The van der Waals surface area contributed by atoms with Crippen LogP contribution in [0.25, 0.3) is 0 Å². The second-order valence-corrected chi connectivity index (χ2v) is 5.64. The largest absolute Gasteiger partial charge is 0.299 e. The lowest BCUT2D eigenvalue weighted by Gasteiger charge is -2.17. The van der Waals surface area contributed by atoms with E-state index in [2.05, 4.69) is 21.0 Å². The van der Waals surface area contributed by atoms with Crippen molar-refractivity contribution >= 4 is 33.3 Å². The summed E-state index contributed by atoms with van der Waals surface area (Å²) in [5.74, 6) is -1.75. The number of carbonyl (C=O) groups excluding carboxylic acids is 2. The molecule has 0 fully saturated rings. The molecule has 2 heterocycles. The summed E-state index contributed by atoms with van der Waals surface area (Å²) in [7, 11) is 1.75. The molecule has 1 aromatic heterocycles. The van der Waals surface area contributed by atoms with Gasteiger partial charge in [0.05, 0.1) is 33.7 Å². The molecule has 0 saturated carbocycles. The number of rotatable bonds is 2. The van der Waals surface area contributed by atoms with Crippen molar-refractivity contribution in [1.82, 2.24) is 9.78 Å². The molecule has 0 N–H and O–H groups in total. The van der Waals surface area contributed by atoms with Crippen LogP contribution in [0.4, 0.5) is 10.1 Å². The SMILES string of the molecule is Cc1nn(C)c(CN2C(=O)C(=O)c3ccc(F)cc32)c1Br. The highest BCUT2D eigenvalue weighted by molar-refractivity contribution is 9.10. The third kappa shape index (κ3) is 2.08. The van der Waals surface area contributed by atoms with Gasteiger partial charge in [-0.3, -0.25) is 19.2 Å². The molecule has 1 aliphatic rings. The van der Waals surface area contributed by atoms with Crippen LogP contribution in [0.3, 0.4) is 0 Å². The third-order valence-electron chi connectivity index (χ3n) is 3.50. The zero-order valence-electron chi connectivity index (χ0n) is 11.4. The molecule has 0 unspecified atom stereocenters. The molecule has 0 aliphatic carbocycles. The van der Waals surface area contributed by atoms with E-state index in [0.717, 1.165) is 15.9 Å². The van der Waals surface area contributed by atoms with Crippen molar-refractivity contribution in [1.29, 1.82) is 0 Å². The minimum atomic E-state index is -0.652. The summed E-state index contributed by atoms with van der Waals surface area (Å²) in [4.78, 5) is 25.3. The van der Waals surface area contributed by atoms with Crippen molar-refractivity contribution in [2.75, 3.05) is 4.90 Å². The fraction of sp³-hybridized carbons (Fsp3) is 0.214. The van der Waals surface area contributed by atoms with E-state index < -0.39 is 17.5 Å². The maximum atomic E-state index is 13.4. The Morgan fingerprint density at radius 1 is 1.33 bits per heavy atom. The number of fused-ring (bicyclic) bond motifs is 1. The number of nitrogens with zero attached hydrogens (tertiary/aromatic N) is 3. The number of ketones is 1. The zero-order chi connectivity index (χ0) is 15.3. The Bertz CT molecular complexity index is 785. The number of anilines is 1. The minimum Gasteiger partial charge on any atom is -0.299 e. The normalized spacial score (nSPS) is 14.0. The summed E-state index contributed by atoms with van der Waals surface area (Å²) in [6.07, 6.45) is 0. The highest BCUT2D eigenvalue weighted by Crippen LogP contribution is 2.32. The monoisotopic (exact) mass is 351 g/mol. The van der Waals surface area contributed by atoms with E-state index >= 15 is 0 Å². The number of hydrogen-bond donors (Lipinski definition) is 0. The second-order valence-electron chi connectivity index (χ2n) is 4.85. The van der Waals surface area contributed by atoms with E-state index in [0.29, 0.717) is 5.69 Å². The van der Waals surface area contributed by atoms with Gasteiger partial charge < -0.3 is 0 Å². The minimum absolute atomic E-state index is 0.152. The molecule has 1 aliphatic heterocycles. The van der Waals surface area contributed by atoms with Gasteiger partial charge in [0.25, 0.3) is 11.7 Å². The number of aryl methyl sites for hydroxylation is 2. The molecule has 2 aromatic rings. The fourth-order valence-electron chi connectivity index (χ4n) is 2.43. The van der Waals surface area contributed by atoms with Crippen molar-refractivity contribution in [2.45, 2.75) is 13.5 Å². The molecule has 108 valence electrons. The van der Waals surface area contributed by atoms with Gasteiger partial charge in [0.2, 0.25) is 0 Å². The summed E-state index contributed by atoms with van der Waals surface area (Å²) in [6.45, 7) is 1.98. The van der Waals surface area contributed by atoms with Crippen molar-refractivity contribution in [2.24, 2.45) is 7.05 Å². The predicted molar refractivity (Wildman–Crippen MR) is 77.6 cm³/mol. The van der Waals surface area contributed by atoms with Gasteiger partial charge in [-0.2, -0.15) is 5.10 Å². The Morgan fingerprint density at radius 3 is 2.67 bits per heavy atom. The van der Waals surface area contributed by atoms with Crippen LogP contribution in [0.2, 0.25) is 0 Å². The molecule has 5 nitrogen and oxygen atoms in total. The molecular weight excluding hydrogens is 341 g/mol. The van der Waals surface area contributed by atoms with Crippen molar-refractivity contribution in [3.8, 4) is 0 Å². The van der Waals surface area contributed by atoms with Crippen LogP contribution in [0.1, 0.15) is 21.7 Å². The van der Waals surface area contributed by atoms with Gasteiger partial charge in [-0.05, 0) is 41.1 Å². The number of halogens is 2. The first-order valence-electron chi connectivity index (χ1n) is 6.24. The summed E-state index contributed by atoms with van der Waals surface area (Å²) in [5.41, 5.74) is 2.06. The summed E-state index contributed by atoms with van der Waals surface area (Å²) < 4.78 is 15.8. The molecule has 0 bridgehead atoms. The zero-order valence-corrected chi connectivity index (χ0v) is 12.9. The number of amides is 1. The molecule has 3 rings (SSSR count). The van der Waals surface area contributed by atoms with E-state index in [-0.39, 0.29) is 12.1 Å². The maximum Gasteiger partial charge on any atom is 0.299 e. The van der Waals surface area contributed by atoms with Crippen LogP contribution in [0.5, 0.6) is 0 Å². The van der Waals surface area contributed by atoms with Gasteiger partial charge in [0.15, 0.2) is 0 Å². The molecule has 7 heteroatoms. The Morgan fingerprint density at radius 2 is 2.05 bits per heavy atom. The fourth-order valence-corrected chi connectivity index (χ4v) is 2.89. The van der Waals surface area contributed by atoms with E-state index in [1.54, 1.807) is 11.7 Å². The van der Waals surface area contributed by atoms with Crippen LogP contribution in [-0.2, 0) is 18.4 Å². The number of carbonyl (C=O) groups is 2. The molecule has 0 saturated heterocycles. The smallest absolute Gasteiger partial charge is 0.299 e. The quantitative estimate of drug-likeness (QED) is 0.780. The van der Waals surface area contributed by atoms with Gasteiger partial charge in [-0.25, -0.2) is 4.39 Å². The first kappa shape index (κ1) is 13.9. The predicted octanol–water partition coefficient (Wildman–Crippen LogP) is 2.36. The molecule has 1 aromatic carbocycles. The van der Waals surface area contributed by atoms with Gasteiger partial charge in [-0.15, -0.1) is 0 Å². The Kier molecular flexibility index (Phi) is 3.16. The van der Waals surface area contributed by atoms with E-state index in [1.807, 2.05) is 6.92 Å². The average Bonchev–Trinajstić information content (AvgIpc) is 2.81. The van der Waals surface area contributed by atoms with Gasteiger partial charge in [0.1, 0.15) is 5.82 Å². The highest BCUT2D eigenvalue weighted by atomic mass is 79.9. The van der Waals surface area contributed by atoms with E-state index in [4.69, 9.17) is 0 Å². The van der Waals surface area contributed by atoms with Crippen molar-refractivity contribution in [3.05, 3.63) is 45.4 Å². The molecule has 0 atom stereocenters. The molecule has 1 amide bonds. The lowest BCUT2D eigenvalue weighted by Crippen LogP contribution is -2.30. The number of benzene rings is 1. The van der Waals surface area contributed by atoms with Gasteiger partial charge in [0, 0.05) is 7.05 Å². The Hall–Kier alpha value is -2.02. The van der Waals surface area contributed by atoms with Crippen LogP contribution in [-0.4, -0.2) is 21.5 Å². The van der Waals surface area contributed by atoms with E-state index in [9.17, 15) is 14.0 Å². The highest BCUT2D eigenvalue weighted by Gasteiger charge is 2.36. The topological polar surface area (TPSA) is 55.2 Å². The summed E-state index contributed by atoms with van der Waals surface area (Å²) >= 11 is 3.42. The standard InChI is InChI=1S/C14H11BrFN3O2/c1-7-12(15)11(18(2)17-7)6-19-10-5-8(16)3-4-9(10)13(20)14(19)21/h3-5H,6H2,1-2H3. The first-order chi connectivity index (χ1) is 9.90. The molecular formula is C14H11BrFN3O2. The second kappa shape index (κ2) is 4.77. The van der Waals surface area contributed by atoms with Crippen molar-refractivity contribution < 1.29 is 14.0 Å². The Balaban J connectivity index is 2.06. The van der Waals surface area contributed by atoms with Crippen LogP contribution < -0.4 is 4.90 Å². The van der Waals surface area contributed by atoms with Gasteiger partial charge in [-0.1, -0.05) is 0 Å². The van der Waals surface area contributed by atoms with Gasteiger partial charge >= 0.3 is 0 Å². The number of aromatic nitrogens is 2. The van der Waals surface area contributed by atoms with E-state index in [1.165, 1.54) is 23.1 Å². The van der Waals surface area contributed by atoms with Crippen LogP contribution in [0, 0.1) is 12.7 Å². The summed E-state index contributed by atoms with van der Waals surface area (Å²) in [5, 5.41) is 4.24. The first-order valence-corrected chi connectivity index (χ1v) is 7.03. The number of hydrogen-bond acceptors (Lipinski definition) is 3.